The molecule has 2 aromatic carbocycles. The smallest absolute Gasteiger partial charge is 0.244 e. The first kappa shape index (κ1) is 17.7. The van der Waals surface area contributed by atoms with E-state index in [0.29, 0.717) is 5.52 Å². The maximum atomic E-state index is 13.2. The normalized spacial score (nSPS) is 13.3. The lowest BCUT2D eigenvalue weighted by Gasteiger charge is -2.25. The fraction of sp³-hybridized carbons (Fsp3) is 0.167. The number of nitrogens with zero attached hydrogens (tertiary/aromatic N) is 1. The van der Waals surface area contributed by atoms with E-state index in [1.807, 2.05) is 30.3 Å². The molecule has 0 bridgehead atoms. The topological polar surface area (TPSA) is 70.2 Å². The van der Waals surface area contributed by atoms with Crippen molar-refractivity contribution in [2.75, 3.05) is 7.05 Å². The highest BCUT2D eigenvalue weighted by Crippen LogP contribution is 2.28. The molecule has 7 heteroatoms. The lowest BCUT2D eigenvalue weighted by molar-refractivity contribution is 0.399. The molecular weight excluding hydrogens is 360 g/mol. The fourth-order valence-electron chi connectivity index (χ4n) is 2.73. The molecular formula is C18H17ClN2O3S. The van der Waals surface area contributed by atoms with E-state index >= 15 is 0 Å². The average molecular weight is 377 g/mol. The van der Waals surface area contributed by atoms with Gasteiger partial charge in [0.1, 0.15) is 5.02 Å². The van der Waals surface area contributed by atoms with E-state index in [1.165, 1.54) is 23.6 Å². The zero-order valence-corrected chi connectivity index (χ0v) is 15.3. The Labute approximate surface area is 150 Å². The van der Waals surface area contributed by atoms with Crippen LogP contribution in [0.2, 0.25) is 5.02 Å². The van der Waals surface area contributed by atoms with E-state index in [1.54, 1.807) is 19.1 Å². The molecule has 0 radical (unpaired) electrons. The van der Waals surface area contributed by atoms with E-state index in [9.17, 15) is 13.2 Å². The summed E-state index contributed by atoms with van der Waals surface area (Å²) < 4.78 is 27.6. The summed E-state index contributed by atoms with van der Waals surface area (Å²) in [6.45, 7) is 1.80. The summed E-state index contributed by atoms with van der Waals surface area (Å²) in [6.07, 6.45) is 1.36. The molecule has 0 amide bonds. The van der Waals surface area contributed by atoms with Crippen LogP contribution in [0, 0.1) is 0 Å². The molecule has 3 rings (SSSR count). The zero-order chi connectivity index (χ0) is 18.2. The molecule has 25 heavy (non-hydrogen) atoms. The molecule has 0 aliphatic carbocycles. The van der Waals surface area contributed by atoms with Crippen LogP contribution < -0.4 is 5.43 Å². The molecule has 5 nitrogen and oxygen atoms in total. The standard InChI is InChI=1S/C18H17ClN2O3S/c1-12(13-7-4-3-5-8-13)21(2)25(23,24)16-10-6-9-15-17(16)18(22)14(19)11-20-15/h3-12H,1-2H3,(H,20,22)/t12-/m1/s1. The van der Waals surface area contributed by atoms with Gasteiger partial charge >= 0.3 is 0 Å². The van der Waals surface area contributed by atoms with Crippen LogP contribution in [0.15, 0.2) is 64.4 Å². The first-order valence-electron chi connectivity index (χ1n) is 7.67. The Morgan fingerprint density at radius 3 is 2.44 bits per heavy atom. The molecule has 1 aromatic heterocycles. The monoisotopic (exact) mass is 376 g/mol. The quantitative estimate of drug-likeness (QED) is 0.756. The highest BCUT2D eigenvalue weighted by atomic mass is 35.5. The molecule has 0 unspecified atom stereocenters. The minimum atomic E-state index is -3.90. The van der Waals surface area contributed by atoms with Crippen molar-refractivity contribution in [1.82, 2.24) is 9.29 Å². The number of sulfonamides is 1. The van der Waals surface area contributed by atoms with Crippen molar-refractivity contribution in [1.29, 1.82) is 0 Å². The predicted molar refractivity (Wildman–Crippen MR) is 99.4 cm³/mol. The first-order valence-corrected chi connectivity index (χ1v) is 9.48. The van der Waals surface area contributed by atoms with Gasteiger partial charge in [0.15, 0.2) is 0 Å². The Morgan fingerprint density at radius 1 is 1.08 bits per heavy atom. The molecule has 3 aromatic rings. The molecule has 1 atom stereocenters. The minimum Gasteiger partial charge on any atom is -0.360 e. The van der Waals surface area contributed by atoms with Crippen molar-refractivity contribution in [3.8, 4) is 0 Å². The van der Waals surface area contributed by atoms with Gasteiger partial charge in [-0.3, -0.25) is 4.79 Å². The maximum Gasteiger partial charge on any atom is 0.244 e. The van der Waals surface area contributed by atoms with E-state index < -0.39 is 15.5 Å². The van der Waals surface area contributed by atoms with Crippen LogP contribution in [-0.2, 0) is 10.0 Å². The summed E-state index contributed by atoms with van der Waals surface area (Å²) in [7, 11) is -2.39. The molecule has 0 saturated carbocycles. The molecule has 0 fully saturated rings. The number of aromatic nitrogens is 1. The van der Waals surface area contributed by atoms with Crippen molar-refractivity contribution in [2.24, 2.45) is 0 Å². The van der Waals surface area contributed by atoms with Crippen LogP contribution in [0.5, 0.6) is 0 Å². The molecule has 0 aliphatic heterocycles. The number of aromatic amines is 1. The number of hydrogen-bond donors (Lipinski definition) is 1. The summed E-state index contributed by atoms with van der Waals surface area (Å²) in [4.78, 5) is 15.2. The Hall–Kier alpha value is -2.15. The Bertz CT molecular complexity index is 1080. The zero-order valence-electron chi connectivity index (χ0n) is 13.7. The molecule has 0 spiro atoms. The molecule has 1 N–H and O–H groups in total. The minimum absolute atomic E-state index is 0.0473. The van der Waals surface area contributed by atoms with Gasteiger partial charge in [-0.2, -0.15) is 4.31 Å². The SMILES string of the molecule is C[C@H](c1ccccc1)N(C)S(=O)(=O)c1cccc2[nH]cc(Cl)c(=O)c12. The Morgan fingerprint density at radius 2 is 1.76 bits per heavy atom. The van der Waals surface area contributed by atoms with Crippen LogP contribution in [0.25, 0.3) is 10.9 Å². The van der Waals surface area contributed by atoms with Gasteiger partial charge in [-0.15, -0.1) is 0 Å². The number of hydrogen-bond acceptors (Lipinski definition) is 3. The van der Waals surface area contributed by atoms with Gasteiger partial charge in [0.2, 0.25) is 15.5 Å². The lowest BCUT2D eigenvalue weighted by atomic mass is 10.1. The largest absolute Gasteiger partial charge is 0.360 e. The van der Waals surface area contributed by atoms with Gasteiger partial charge in [-0.1, -0.05) is 48.0 Å². The molecule has 0 aliphatic rings. The summed E-state index contributed by atoms with van der Waals surface area (Å²) in [5, 5.41) is 0.0241. The number of rotatable bonds is 4. The molecule has 130 valence electrons. The van der Waals surface area contributed by atoms with Gasteiger partial charge in [-0.05, 0) is 24.6 Å². The van der Waals surface area contributed by atoms with Gasteiger partial charge in [0, 0.05) is 19.3 Å². The first-order chi connectivity index (χ1) is 11.8. The van der Waals surface area contributed by atoms with E-state index in [0.717, 1.165) is 5.56 Å². The van der Waals surface area contributed by atoms with Crippen molar-refractivity contribution in [3.63, 3.8) is 0 Å². The number of pyridine rings is 1. The maximum absolute atomic E-state index is 13.2. The van der Waals surface area contributed by atoms with Crippen molar-refractivity contribution >= 4 is 32.5 Å². The van der Waals surface area contributed by atoms with Gasteiger partial charge < -0.3 is 4.98 Å². The van der Waals surface area contributed by atoms with E-state index in [4.69, 9.17) is 11.6 Å². The fourth-order valence-corrected chi connectivity index (χ4v) is 4.44. The third-order valence-corrected chi connectivity index (χ3v) is 6.56. The molecule has 1 heterocycles. The highest BCUT2D eigenvalue weighted by molar-refractivity contribution is 7.89. The Balaban J connectivity index is 2.17. The predicted octanol–water partition coefficient (Wildman–Crippen LogP) is 3.56. The van der Waals surface area contributed by atoms with Crippen molar-refractivity contribution in [2.45, 2.75) is 17.9 Å². The van der Waals surface area contributed by atoms with Gasteiger partial charge in [-0.25, -0.2) is 8.42 Å². The van der Waals surface area contributed by atoms with E-state index in [-0.39, 0.29) is 21.3 Å². The van der Waals surface area contributed by atoms with Gasteiger partial charge in [0.05, 0.1) is 15.8 Å². The van der Waals surface area contributed by atoms with Crippen LogP contribution in [-0.4, -0.2) is 24.8 Å². The van der Waals surface area contributed by atoms with Crippen LogP contribution in [0.1, 0.15) is 18.5 Å². The Kier molecular flexibility index (Phi) is 4.69. The lowest BCUT2D eigenvalue weighted by Crippen LogP contribution is -2.30. The second-order valence-corrected chi connectivity index (χ2v) is 8.13. The number of fused-ring (bicyclic) bond motifs is 1. The van der Waals surface area contributed by atoms with E-state index in [2.05, 4.69) is 4.98 Å². The van der Waals surface area contributed by atoms with Crippen molar-refractivity contribution < 1.29 is 8.42 Å². The molecule has 0 saturated heterocycles. The van der Waals surface area contributed by atoms with Crippen LogP contribution in [0.3, 0.4) is 0 Å². The van der Waals surface area contributed by atoms with Gasteiger partial charge in [0.25, 0.3) is 0 Å². The van der Waals surface area contributed by atoms with Crippen LogP contribution >= 0.6 is 11.6 Å². The second-order valence-electron chi connectivity index (χ2n) is 5.75. The third kappa shape index (κ3) is 3.08. The number of H-pyrrole nitrogens is 1. The average Bonchev–Trinajstić information content (AvgIpc) is 2.63. The summed E-state index contributed by atoms with van der Waals surface area (Å²) >= 11 is 5.90. The number of nitrogens with one attached hydrogen (secondary N) is 1. The van der Waals surface area contributed by atoms with Crippen LogP contribution in [0.4, 0.5) is 0 Å². The highest BCUT2D eigenvalue weighted by Gasteiger charge is 2.29. The second kappa shape index (κ2) is 6.63. The third-order valence-electron chi connectivity index (χ3n) is 4.31. The summed E-state index contributed by atoms with van der Waals surface area (Å²) in [5.74, 6) is 0. The summed E-state index contributed by atoms with van der Waals surface area (Å²) in [5.41, 5.74) is 0.785. The number of halogens is 1. The van der Waals surface area contributed by atoms with Crippen molar-refractivity contribution in [3.05, 3.63) is 75.5 Å². The summed E-state index contributed by atoms with van der Waals surface area (Å²) in [6, 6.07) is 13.6. The number of benzene rings is 2.